The number of hydrogen-bond acceptors (Lipinski definition) is 2. The molecule has 1 N–H and O–H groups in total. The average Bonchev–Trinajstić information content (AvgIpc) is 2.72. The molecule has 21 heavy (non-hydrogen) atoms. The lowest BCUT2D eigenvalue weighted by atomic mass is 9.85. The van der Waals surface area contributed by atoms with Crippen molar-refractivity contribution in [2.75, 3.05) is 6.61 Å². The van der Waals surface area contributed by atoms with Crippen LogP contribution >= 0.6 is 0 Å². The molecule has 2 aromatic rings. The normalized spacial score (nSPS) is 17.2. The highest BCUT2D eigenvalue weighted by atomic mass is 19.1. The fourth-order valence-corrected chi connectivity index (χ4v) is 2.63. The zero-order chi connectivity index (χ0) is 15.2. The number of ether oxygens (including phenoxy) is 1. The Balaban J connectivity index is 2.01. The van der Waals surface area contributed by atoms with Crippen molar-refractivity contribution in [1.82, 2.24) is 0 Å². The van der Waals surface area contributed by atoms with Crippen LogP contribution < -0.4 is 4.74 Å². The predicted octanol–water partition coefficient (Wildman–Crippen LogP) is 3.72. The van der Waals surface area contributed by atoms with Crippen molar-refractivity contribution in [3.63, 3.8) is 0 Å². The van der Waals surface area contributed by atoms with Gasteiger partial charge in [0, 0.05) is 17.0 Å². The summed E-state index contributed by atoms with van der Waals surface area (Å²) >= 11 is 0. The van der Waals surface area contributed by atoms with Crippen LogP contribution in [0.4, 0.5) is 8.78 Å². The third kappa shape index (κ3) is 2.51. The fourth-order valence-electron chi connectivity index (χ4n) is 2.63. The van der Waals surface area contributed by atoms with Gasteiger partial charge in [0.1, 0.15) is 23.5 Å². The van der Waals surface area contributed by atoms with Gasteiger partial charge in [-0.3, -0.25) is 0 Å². The Kier molecular flexibility index (Phi) is 3.21. The monoisotopic (exact) mass is 290 g/mol. The van der Waals surface area contributed by atoms with E-state index in [2.05, 4.69) is 13.8 Å². The van der Waals surface area contributed by atoms with Gasteiger partial charge in [0.15, 0.2) is 0 Å². The van der Waals surface area contributed by atoms with Crippen molar-refractivity contribution >= 4 is 0 Å². The van der Waals surface area contributed by atoms with E-state index in [0.717, 1.165) is 29.5 Å². The second-order valence-corrected chi connectivity index (χ2v) is 6.03. The van der Waals surface area contributed by atoms with Gasteiger partial charge >= 0.3 is 0 Å². The van der Waals surface area contributed by atoms with Gasteiger partial charge in [-0.25, -0.2) is 8.78 Å². The quantitative estimate of drug-likeness (QED) is 0.913. The summed E-state index contributed by atoms with van der Waals surface area (Å²) in [7, 11) is 0. The highest BCUT2D eigenvalue weighted by Gasteiger charge is 2.32. The van der Waals surface area contributed by atoms with Crippen molar-refractivity contribution in [3.8, 4) is 5.75 Å². The SMILES string of the molecule is CC1(C)COc2ccc(C(O)c3cc(F)cc(F)c3)cc21. The summed E-state index contributed by atoms with van der Waals surface area (Å²) in [6.45, 7) is 4.68. The highest BCUT2D eigenvalue weighted by molar-refractivity contribution is 5.47. The molecule has 0 radical (unpaired) electrons. The van der Waals surface area contributed by atoms with Gasteiger partial charge in [-0.15, -0.1) is 0 Å². The van der Waals surface area contributed by atoms with E-state index in [1.165, 1.54) is 0 Å². The molecule has 1 heterocycles. The molecule has 0 saturated carbocycles. The summed E-state index contributed by atoms with van der Waals surface area (Å²) in [4.78, 5) is 0. The van der Waals surface area contributed by atoms with E-state index < -0.39 is 17.7 Å². The minimum absolute atomic E-state index is 0.141. The maximum atomic E-state index is 13.3. The molecule has 0 fully saturated rings. The summed E-state index contributed by atoms with van der Waals surface area (Å²) in [6, 6.07) is 8.42. The molecule has 3 rings (SSSR count). The minimum Gasteiger partial charge on any atom is -0.492 e. The van der Waals surface area contributed by atoms with Crippen LogP contribution in [0.2, 0.25) is 0 Å². The molecule has 0 aromatic heterocycles. The summed E-state index contributed by atoms with van der Waals surface area (Å²) in [5.41, 5.74) is 1.65. The van der Waals surface area contributed by atoms with E-state index >= 15 is 0 Å². The lowest BCUT2D eigenvalue weighted by Gasteiger charge is -2.18. The van der Waals surface area contributed by atoms with Gasteiger partial charge in [0.2, 0.25) is 0 Å². The van der Waals surface area contributed by atoms with Crippen LogP contribution in [0.15, 0.2) is 36.4 Å². The molecule has 1 unspecified atom stereocenters. The molecule has 0 saturated heterocycles. The topological polar surface area (TPSA) is 29.5 Å². The smallest absolute Gasteiger partial charge is 0.126 e. The zero-order valence-corrected chi connectivity index (χ0v) is 11.9. The molecule has 1 aliphatic rings. The first kappa shape index (κ1) is 14.0. The molecule has 1 atom stereocenters. The predicted molar refractivity (Wildman–Crippen MR) is 75.4 cm³/mol. The van der Waals surface area contributed by atoms with Crippen molar-refractivity contribution in [2.24, 2.45) is 0 Å². The maximum Gasteiger partial charge on any atom is 0.126 e. The van der Waals surface area contributed by atoms with E-state index in [9.17, 15) is 13.9 Å². The minimum atomic E-state index is -1.07. The van der Waals surface area contributed by atoms with Gasteiger partial charge in [0.25, 0.3) is 0 Å². The Bertz CT molecular complexity index is 675. The molecular weight excluding hydrogens is 274 g/mol. The van der Waals surface area contributed by atoms with Crippen LogP contribution in [0.25, 0.3) is 0 Å². The fraction of sp³-hybridized carbons (Fsp3) is 0.294. The Morgan fingerprint density at radius 1 is 1.05 bits per heavy atom. The molecule has 110 valence electrons. The Hall–Kier alpha value is -1.94. The highest BCUT2D eigenvalue weighted by Crippen LogP contribution is 2.40. The molecule has 1 aliphatic heterocycles. The van der Waals surface area contributed by atoms with Crippen LogP contribution in [0.1, 0.15) is 36.6 Å². The van der Waals surface area contributed by atoms with E-state index in [1.807, 2.05) is 6.07 Å². The molecule has 0 amide bonds. The number of aliphatic hydroxyl groups is 1. The zero-order valence-electron chi connectivity index (χ0n) is 11.9. The van der Waals surface area contributed by atoms with Crippen molar-refractivity contribution in [3.05, 3.63) is 64.7 Å². The first-order valence-electron chi connectivity index (χ1n) is 6.78. The van der Waals surface area contributed by atoms with Crippen molar-refractivity contribution in [1.29, 1.82) is 0 Å². The number of aliphatic hydroxyl groups excluding tert-OH is 1. The third-order valence-corrected chi connectivity index (χ3v) is 3.84. The lowest BCUT2D eigenvalue weighted by molar-refractivity contribution is 0.219. The van der Waals surface area contributed by atoms with Crippen LogP contribution in [0.5, 0.6) is 5.75 Å². The molecule has 2 aromatic carbocycles. The average molecular weight is 290 g/mol. The van der Waals surface area contributed by atoms with E-state index in [1.54, 1.807) is 12.1 Å². The largest absolute Gasteiger partial charge is 0.492 e. The Labute approximate surface area is 122 Å². The second kappa shape index (κ2) is 4.81. The van der Waals surface area contributed by atoms with Gasteiger partial charge in [-0.2, -0.15) is 0 Å². The van der Waals surface area contributed by atoms with Crippen molar-refractivity contribution in [2.45, 2.75) is 25.4 Å². The molecular formula is C17H16F2O2. The standard InChI is InChI=1S/C17H16F2O2/c1-17(2)9-21-15-4-3-10(7-14(15)17)16(20)11-5-12(18)8-13(19)6-11/h3-8,16,20H,9H2,1-2H3. The van der Waals surface area contributed by atoms with Crippen LogP contribution in [0.3, 0.4) is 0 Å². The lowest BCUT2D eigenvalue weighted by Crippen LogP contribution is -2.18. The van der Waals surface area contributed by atoms with Gasteiger partial charge < -0.3 is 9.84 Å². The molecule has 0 aliphatic carbocycles. The molecule has 0 spiro atoms. The first-order valence-corrected chi connectivity index (χ1v) is 6.78. The number of hydrogen-bond donors (Lipinski definition) is 1. The Morgan fingerprint density at radius 3 is 2.38 bits per heavy atom. The summed E-state index contributed by atoms with van der Waals surface area (Å²) < 4.78 is 32.1. The van der Waals surface area contributed by atoms with Gasteiger partial charge in [-0.1, -0.05) is 19.9 Å². The third-order valence-electron chi connectivity index (χ3n) is 3.84. The van der Waals surface area contributed by atoms with Crippen LogP contribution in [-0.2, 0) is 5.41 Å². The number of rotatable bonds is 2. The number of halogens is 2. The van der Waals surface area contributed by atoms with E-state index in [4.69, 9.17) is 4.74 Å². The second-order valence-electron chi connectivity index (χ2n) is 6.03. The van der Waals surface area contributed by atoms with E-state index in [0.29, 0.717) is 12.2 Å². The van der Waals surface area contributed by atoms with E-state index in [-0.39, 0.29) is 11.0 Å². The van der Waals surface area contributed by atoms with Gasteiger partial charge in [0.05, 0.1) is 6.61 Å². The Morgan fingerprint density at radius 2 is 1.71 bits per heavy atom. The summed E-state index contributed by atoms with van der Waals surface area (Å²) in [6.07, 6.45) is -1.07. The summed E-state index contributed by atoms with van der Waals surface area (Å²) in [5.74, 6) is -0.607. The van der Waals surface area contributed by atoms with Crippen LogP contribution in [0, 0.1) is 11.6 Å². The first-order chi connectivity index (χ1) is 9.87. The molecule has 2 nitrogen and oxygen atoms in total. The maximum absolute atomic E-state index is 13.3. The number of fused-ring (bicyclic) bond motifs is 1. The summed E-state index contributed by atoms with van der Waals surface area (Å²) in [5, 5.41) is 10.4. The van der Waals surface area contributed by atoms with Gasteiger partial charge in [-0.05, 0) is 35.4 Å². The molecule has 0 bridgehead atoms. The molecule has 4 heteroatoms. The number of benzene rings is 2. The van der Waals surface area contributed by atoms with Crippen molar-refractivity contribution < 1.29 is 18.6 Å². The van der Waals surface area contributed by atoms with Crippen LogP contribution in [-0.4, -0.2) is 11.7 Å².